The molecule has 1 aromatic carbocycles. The lowest BCUT2D eigenvalue weighted by Gasteiger charge is -2.08. The standard InChI is InChI=1S/C10H7N3O4/c1-2-7-9(16-5-11)4-3-8(13(14)15)10(7)17-6-12/h3-4H,2H2,1H3. The van der Waals surface area contributed by atoms with Crippen LogP contribution >= 0.6 is 0 Å². The van der Waals surface area contributed by atoms with Crippen LogP contribution in [0, 0.1) is 33.1 Å². The molecule has 1 rings (SSSR count). The number of ether oxygens (including phenoxy) is 2. The van der Waals surface area contributed by atoms with Crippen LogP contribution in [0.2, 0.25) is 0 Å². The van der Waals surface area contributed by atoms with Gasteiger partial charge in [0.2, 0.25) is 5.75 Å². The third kappa shape index (κ3) is 2.41. The molecule has 0 unspecified atom stereocenters. The van der Waals surface area contributed by atoms with Gasteiger partial charge in [-0.2, -0.15) is 0 Å². The predicted molar refractivity (Wildman–Crippen MR) is 55.0 cm³/mol. The van der Waals surface area contributed by atoms with E-state index in [0.717, 1.165) is 6.07 Å². The van der Waals surface area contributed by atoms with Crippen LogP contribution < -0.4 is 9.47 Å². The molecule has 0 aliphatic carbocycles. The zero-order valence-corrected chi connectivity index (χ0v) is 8.84. The molecule has 0 N–H and O–H groups in total. The van der Waals surface area contributed by atoms with Gasteiger partial charge in [0.15, 0.2) is 0 Å². The number of nitro groups is 1. The summed E-state index contributed by atoms with van der Waals surface area (Å²) < 4.78 is 9.22. The van der Waals surface area contributed by atoms with Gasteiger partial charge in [0.25, 0.3) is 12.5 Å². The van der Waals surface area contributed by atoms with Crippen molar-refractivity contribution in [1.29, 1.82) is 10.5 Å². The van der Waals surface area contributed by atoms with E-state index in [0.29, 0.717) is 12.0 Å². The van der Waals surface area contributed by atoms with Crippen molar-refractivity contribution < 1.29 is 14.4 Å². The van der Waals surface area contributed by atoms with Crippen LogP contribution in [0.3, 0.4) is 0 Å². The summed E-state index contributed by atoms with van der Waals surface area (Å²) in [5, 5.41) is 27.6. The SMILES string of the molecule is CCc1c(OC#N)ccc([N+](=O)[O-])c1OC#N. The molecule has 0 saturated carbocycles. The summed E-state index contributed by atoms with van der Waals surface area (Å²) in [6.07, 6.45) is 3.18. The van der Waals surface area contributed by atoms with Gasteiger partial charge in [-0.05, 0) is 12.5 Å². The lowest BCUT2D eigenvalue weighted by molar-refractivity contribution is -0.385. The summed E-state index contributed by atoms with van der Waals surface area (Å²) >= 11 is 0. The van der Waals surface area contributed by atoms with E-state index in [9.17, 15) is 10.1 Å². The maximum Gasteiger partial charge on any atom is 0.313 e. The van der Waals surface area contributed by atoms with E-state index in [1.165, 1.54) is 18.6 Å². The van der Waals surface area contributed by atoms with E-state index in [4.69, 9.17) is 10.5 Å². The first-order valence-corrected chi connectivity index (χ1v) is 4.57. The molecule has 1 aromatic rings. The van der Waals surface area contributed by atoms with E-state index < -0.39 is 4.92 Å². The lowest BCUT2D eigenvalue weighted by Crippen LogP contribution is -1.99. The fourth-order valence-electron chi connectivity index (χ4n) is 1.38. The van der Waals surface area contributed by atoms with Gasteiger partial charge in [-0.25, -0.2) is 0 Å². The first kappa shape index (κ1) is 12.3. The first-order valence-electron chi connectivity index (χ1n) is 4.57. The van der Waals surface area contributed by atoms with Crippen molar-refractivity contribution in [3.8, 4) is 24.0 Å². The van der Waals surface area contributed by atoms with Crippen LogP contribution in [-0.2, 0) is 6.42 Å². The van der Waals surface area contributed by atoms with Crippen LogP contribution in [0.15, 0.2) is 12.1 Å². The minimum absolute atomic E-state index is 0.144. The minimum atomic E-state index is -0.665. The van der Waals surface area contributed by atoms with Gasteiger partial charge in [-0.3, -0.25) is 10.1 Å². The van der Waals surface area contributed by atoms with Crippen molar-refractivity contribution in [1.82, 2.24) is 0 Å². The highest BCUT2D eigenvalue weighted by Gasteiger charge is 2.23. The monoisotopic (exact) mass is 233 g/mol. The Labute approximate surface area is 96.6 Å². The van der Waals surface area contributed by atoms with Crippen LogP contribution in [-0.4, -0.2) is 4.92 Å². The van der Waals surface area contributed by atoms with E-state index in [-0.39, 0.29) is 17.2 Å². The van der Waals surface area contributed by atoms with Crippen LogP contribution in [0.5, 0.6) is 11.5 Å². The zero-order chi connectivity index (χ0) is 12.8. The second kappa shape index (κ2) is 5.33. The fraction of sp³-hybridized carbons (Fsp3) is 0.200. The van der Waals surface area contributed by atoms with E-state index in [1.807, 2.05) is 0 Å². The lowest BCUT2D eigenvalue weighted by atomic mass is 10.1. The Balaban J connectivity index is 3.45. The highest BCUT2D eigenvalue weighted by molar-refractivity contribution is 5.58. The van der Waals surface area contributed by atoms with Gasteiger partial charge in [-0.1, -0.05) is 6.92 Å². The Morgan fingerprint density at radius 1 is 1.35 bits per heavy atom. The summed E-state index contributed by atoms with van der Waals surface area (Å²) in [5.41, 5.74) is -0.0315. The van der Waals surface area contributed by atoms with Gasteiger partial charge in [0, 0.05) is 11.6 Å². The summed E-state index contributed by atoms with van der Waals surface area (Å²) in [6.45, 7) is 1.70. The molecular weight excluding hydrogens is 226 g/mol. The molecule has 0 bridgehead atoms. The summed E-state index contributed by atoms with van der Waals surface area (Å²) in [4.78, 5) is 10.1. The largest absolute Gasteiger partial charge is 0.388 e. The Morgan fingerprint density at radius 2 is 2.00 bits per heavy atom. The smallest absolute Gasteiger partial charge is 0.313 e. The number of rotatable bonds is 4. The number of nitrogens with zero attached hydrogens (tertiary/aromatic N) is 3. The predicted octanol–water partition coefficient (Wildman–Crippen LogP) is 1.88. The molecule has 0 radical (unpaired) electrons. The molecule has 7 nitrogen and oxygen atoms in total. The second-order valence-corrected chi connectivity index (χ2v) is 2.89. The zero-order valence-electron chi connectivity index (χ0n) is 8.84. The van der Waals surface area contributed by atoms with E-state index >= 15 is 0 Å². The maximum absolute atomic E-state index is 10.7. The van der Waals surface area contributed by atoms with Crippen molar-refractivity contribution in [3.05, 3.63) is 27.8 Å². The highest BCUT2D eigenvalue weighted by Crippen LogP contribution is 2.37. The van der Waals surface area contributed by atoms with Crippen LogP contribution in [0.25, 0.3) is 0 Å². The highest BCUT2D eigenvalue weighted by atomic mass is 16.6. The normalized spacial score (nSPS) is 8.88. The molecule has 0 aliphatic heterocycles. The first-order chi connectivity index (χ1) is 8.15. The topological polar surface area (TPSA) is 109 Å². The molecule has 0 amide bonds. The van der Waals surface area contributed by atoms with Crippen molar-refractivity contribution in [2.75, 3.05) is 0 Å². The van der Waals surface area contributed by atoms with Crippen molar-refractivity contribution in [2.45, 2.75) is 13.3 Å². The van der Waals surface area contributed by atoms with Crippen LogP contribution in [0.1, 0.15) is 12.5 Å². The number of hydrogen-bond donors (Lipinski definition) is 0. The number of benzene rings is 1. The Hall–Kier alpha value is -2.80. The molecule has 0 aliphatic rings. The Bertz CT molecular complexity index is 528. The van der Waals surface area contributed by atoms with Gasteiger partial charge < -0.3 is 9.47 Å². The van der Waals surface area contributed by atoms with Gasteiger partial charge in [0.1, 0.15) is 5.75 Å². The van der Waals surface area contributed by atoms with Crippen LogP contribution in [0.4, 0.5) is 5.69 Å². The quantitative estimate of drug-likeness (QED) is 0.446. The third-order valence-corrected chi connectivity index (χ3v) is 2.05. The minimum Gasteiger partial charge on any atom is -0.388 e. The Morgan fingerprint density at radius 3 is 2.47 bits per heavy atom. The maximum atomic E-state index is 10.7. The number of nitro benzene ring substituents is 1. The average molecular weight is 233 g/mol. The van der Waals surface area contributed by atoms with E-state index in [2.05, 4.69) is 9.47 Å². The molecule has 0 atom stereocenters. The Kier molecular flexibility index (Phi) is 3.85. The molecule has 7 heteroatoms. The molecule has 0 spiro atoms. The van der Waals surface area contributed by atoms with E-state index in [1.54, 1.807) is 6.92 Å². The number of nitriles is 2. The van der Waals surface area contributed by atoms with Crippen molar-refractivity contribution in [3.63, 3.8) is 0 Å². The molecule has 0 heterocycles. The molecule has 17 heavy (non-hydrogen) atoms. The molecular formula is C10H7N3O4. The van der Waals surface area contributed by atoms with Crippen molar-refractivity contribution >= 4 is 5.69 Å². The van der Waals surface area contributed by atoms with Gasteiger partial charge in [0.05, 0.1) is 4.92 Å². The molecule has 86 valence electrons. The van der Waals surface area contributed by atoms with Gasteiger partial charge in [-0.15, -0.1) is 10.5 Å². The summed E-state index contributed by atoms with van der Waals surface area (Å²) in [6, 6.07) is 2.42. The summed E-state index contributed by atoms with van der Waals surface area (Å²) in [5.74, 6) is -0.0430. The summed E-state index contributed by atoms with van der Waals surface area (Å²) in [7, 11) is 0. The fourth-order valence-corrected chi connectivity index (χ4v) is 1.38. The van der Waals surface area contributed by atoms with Gasteiger partial charge >= 0.3 is 5.69 Å². The molecule has 0 saturated heterocycles. The average Bonchev–Trinajstić information content (AvgIpc) is 2.30. The molecule has 0 aromatic heterocycles. The third-order valence-electron chi connectivity index (χ3n) is 2.05. The van der Waals surface area contributed by atoms with Crippen molar-refractivity contribution in [2.24, 2.45) is 0 Å². The molecule has 0 fully saturated rings. The second-order valence-electron chi connectivity index (χ2n) is 2.89. The number of hydrogen-bond acceptors (Lipinski definition) is 6.